The Morgan fingerprint density at radius 3 is 2.50 bits per heavy atom. The lowest BCUT2D eigenvalue weighted by atomic mass is 10.2. The lowest BCUT2D eigenvalue weighted by Crippen LogP contribution is -2.28. The van der Waals surface area contributed by atoms with Gasteiger partial charge >= 0.3 is 6.18 Å². The molecule has 3 aromatic rings. The molecular formula is C21H22F3N5O. The molecule has 0 atom stereocenters. The molecule has 1 fully saturated rings. The highest BCUT2D eigenvalue weighted by Crippen LogP contribution is 2.42. The molecule has 1 N–H and O–H groups in total. The minimum atomic E-state index is -4.52. The van der Waals surface area contributed by atoms with Gasteiger partial charge in [-0.1, -0.05) is 18.2 Å². The average Bonchev–Trinajstić information content (AvgIpc) is 3.38. The van der Waals surface area contributed by atoms with Crippen molar-refractivity contribution in [3.05, 3.63) is 64.7 Å². The van der Waals surface area contributed by atoms with Crippen LogP contribution in [0.1, 0.15) is 47.1 Å². The summed E-state index contributed by atoms with van der Waals surface area (Å²) in [6.45, 7) is 3.79. The molecule has 0 radical (unpaired) electrons. The summed E-state index contributed by atoms with van der Waals surface area (Å²) in [6.07, 6.45) is -2.88. The number of alkyl halides is 3. The molecule has 6 nitrogen and oxygen atoms in total. The van der Waals surface area contributed by atoms with E-state index >= 15 is 0 Å². The fourth-order valence-electron chi connectivity index (χ4n) is 3.53. The molecule has 9 heteroatoms. The van der Waals surface area contributed by atoms with Gasteiger partial charge in [-0.05, 0) is 44.9 Å². The Labute approximate surface area is 171 Å². The summed E-state index contributed by atoms with van der Waals surface area (Å²) in [7, 11) is 0. The summed E-state index contributed by atoms with van der Waals surface area (Å²) in [5.74, 6) is -0.338. The van der Waals surface area contributed by atoms with Gasteiger partial charge in [0.25, 0.3) is 0 Å². The van der Waals surface area contributed by atoms with E-state index in [1.165, 1.54) is 4.68 Å². The average molecular weight is 417 g/mol. The van der Waals surface area contributed by atoms with Crippen molar-refractivity contribution < 1.29 is 18.0 Å². The van der Waals surface area contributed by atoms with Crippen LogP contribution in [-0.4, -0.2) is 25.5 Å². The van der Waals surface area contributed by atoms with Crippen molar-refractivity contribution in [3.63, 3.8) is 0 Å². The van der Waals surface area contributed by atoms with Gasteiger partial charge < -0.3 is 5.32 Å². The van der Waals surface area contributed by atoms with E-state index in [2.05, 4.69) is 15.5 Å². The third kappa shape index (κ3) is 4.10. The molecule has 30 heavy (non-hydrogen) atoms. The zero-order valence-corrected chi connectivity index (χ0v) is 16.7. The second-order valence-electron chi connectivity index (χ2n) is 7.56. The molecule has 4 rings (SSSR count). The Morgan fingerprint density at radius 2 is 1.87 bits per heavy atom. The van der Waals surface area contributed by atoms with Gasteiger partial charge in [0, 0.05) is 29.4 Å². The number of hydrogen-bond acceptors (Lipinski definition) is 3. The number of benzene rings is 1. The summed E-state index contributed by atoms with van der Waals surface area (Å²) in [4.78, 5) is 12.5. The van der Waals surface area contributed by atoms with Crippen LogP contribution in [0.2, 0.25) is 0 Å². The zero-order valence-electron chi connectivity index (χ0n) is 16.7. The summed E-state index contributed by atoms with van der Waals surface area (Å²) in [5.41, 5.74) is 3.01. The molecule has 1 amide bonds. The molecule has 0 saturated heterocycles. The van der Waals surface area contributed by atoms with Crippen molar-refractivity contribution in [2.24, 2.45) is 0 Å². The molecule has 0 unspecified atom stereocenters. The first-order valence-corrected chi connectivity index (χ1v) is 9.76. The van der Waals surface area contributed by atoms with Gasteiger partial charge in [0.1, 0.15) is 6.54 Å². The molecule has 0 aliphatic heterocycles. The Kier molecular flexibility index (Phi) is 5.13. The summed E-state index contributed by atoms with van der Waals surface area (Å²) < 4.78 is 42.0. The Bertz CT molecular complexity index is 1060. The van der Waals surface area contributed by atoms with E-state index in [0.29, 0.717) is 5.69 Å². The first-order valence-electron chi connectivity index (χ1n) is 9.76. The normalized spacial score (nSPS) is 14.2. The Hall–Kier alpha value is -3.10. The number of carbonyl (C=O) groups is 1. The maximum absolute atomic E-state index is 13.0. The predicted octanol–water partition coefficient (Wildman–Crippen LogP) is 3.90. The van der Waals surface area contributed by atoms with E-state index in [1.807, 2.05) is 48.9 Å². The van der Waals surface area contributed by atoms with Gasteiger partial charge in [-0.25, -0.2) is 4.68 Å². The molecule has 0 bridgehead atoms. The number of amides is 1. The van der Waals surface area contributed by atoms with Gasteiger partial charge in [0.2, 0.25) is 5.91 Å². The van der Waals surface area contributed by atoms with Crippen LogP contribution in [0.15, 0.2) is 36.4 Å². The minimum Gasteiger partial charge on any atom is -0.350 e. The third-order valence-corrected chi connectivity index (χ3v) is 5.29. The van der Waals surface area contributed by atoms with Crippen LogP contribution in [0.25, 0.3) is 5.69 Å². The van der Waals surface area contributed by atoms with Crippen LogP contribution >= 0.6 is 0 Å². The van der Waals surface area contributed by atoms with Crippen LogP contribution in [0, 0.1) is 13.8 Å². The molecular weight excluding hydrogens is 395 g/mol. The van der Waals surface area contributed by atoms with E-state index in [1.54, 1.807) is 0 Å². The van der Waals surface area contributed by atoms with E-state index in [0.717, 1.165) is 41.5 Å². The molecule has 2 aromatic heterocycles. The van der Waals surface area contributed by atoms with Gasteiger partial charge in [-0.15, -0.1) is 0 Å². The molecule has 1 aliphatic rings. The molecule has 2 heterocycles. The lowest BCUT2D eigenvalue weighted by molar-refractivity contribution is -0.141. The summed E-state index contributed by atoms with van der Waals surface area (Å²) in [5, 5.41) is 11.0. The van der Waals surface area contributed by atoms with E-state index in [-0.39, 0.29) is 24.9 Å². The van der Waals surface area contributed by atoms with E-state index < -0.39 is 11.9 Å². The quantitative estimate of drug-likeness (QED) is 0.662. The van der Waals surface area contributed by atoms with Gasteiger partial charge in [0.15, 0.2) is 5.69 Å². The number of aromatic nitrogens is 4. The Morgan fingerprint density at radius 1 is 1.17 bits per heavy atom. The van der Waals surface area contributed by atoms with Gasteiger partial charge in [0.05, 0.1) is 11.4 Å². The van der Waals surface area contributed by atoms with Crippen molar-refractivity contribution in [3.8, 4) is 5.69 Å². The first-order chi connectivity index (χ1) is 14.2. The van der Waals surface area contributed by atoms with Crippen molar-refractivity contribution in [1.82, 2.24) is 24.9 Å². The van der Waals surface area contributed by atoms with Crippen LogP contribution in [0.3, 0.4) is 0 Å². The number of para-hydroxylation sites is 1. The largest absolute Gasteiger partial charge is 0.435 e. The first kappa shape index (κ1) is 20.2. The zero-order chi connectivity index (χ0) is 21.5. The predicted molar refractivity (Wildman–Crippen MR) is 104 cm³/mol. The number of nitrogens with zero attached hydrogens (tertiary/aromatic N) is 4. The fourth-order valence-corrected chi connectivity index (χ4v) is 3.53. The fraction of sp³-hybridized carbons (Fsp3) is 0.381. The van der Waals surface area contributed by atoms with E-state index in [4.69, 9.17) is 0 Å². The van der Waals surface area contributed by atoms with Crippen LogP contribution in [0.4, 0.5) is 13.2 Å². The SMILES string of the molecule is Cc1nn(-c2ccccc2)c(C)c1CNC(=O)Cn1nc(C(F)(F)F)cc1C1CC1. The second-order valence-corrected chi connectivity index (χ2v) is 7.56. The number of nitrogens with one attached hydrogen (secondary N) is 1. The van der Waals surface area contributed by atoms with Crippen molar-refractivity contribution >= 4 is 5.91 Å². The van der Waals surface area contributed by atoms with Crippen LogP contribution in [0.5, 0.6) is 0 Å². The van der Waals surface area contributed by atoms with Crippen LogP contribution in [-0.2, 0) is 24.1 Å². The number of hydrogen-bond donors (Lipinski definition) is 1. The second kappa shape index (κ2) is 7.62. The molecule has 1 aliphatic carbocycles. The van der Waals surface area contributed by atoms with E-state index in [9.17, 15) is 18.0 Å². The van der Waals surface area contributed by atoms with Crippen molar-refractivity contribution in [2.75, 3.05) is 0 Å². The monoisotopic (exact) mass is 417 g/mol. The Balaban J connectivity index is 1.46. The highest BCUT2D eigenvalue weighted by Gasteiger charge is 2.38. The third-order valence-electron chi connectivity index (χ3n) is 5.29. The number of aryl methyl sites for hydroxylation is 1. The number of halogens is 3. The smallest absolute Gasteiger partial charge is 0.350 e. The van der Waals surface area contributed by atoms with Crippen molar-refractivity contribution in [2.45, 2.75) is 51.9 Å². The lowest BCUT2D eigenvalue weighted by Gasteiger charge is -2.09. The summed E-state index contributed by atoms with van der Waals surface area (Å²) >= 11 is 0. The maximum Gasteiger partial charge on any atom is 0.435 e. The number of rotatable bonds is 6. The molecule has 158 valence electrons. The van der Waals surface area contributed by atoms with Crippen LogP contribution < -0.4 is 5.32 Å². The van der Waals surface area contributed by atoms with Gasteiger partial charge in [-0.3, -0.25) is 9.48 Å². The number of carbonyl (C=O) groups excluding carboxylic acids is 1. The maximum atomic E-state index is 13.0. The topological polar surface area (TPSA) is 64.7 Å². The molecule has 1 aromatic carbocycles. The molecule has 0 spiro atoms. The minimum absolute atomic E-state index is 0.0509. The highest BCUT2D eigenvalue weighted by atomic mass is 19.4. The highest BCUT2D eigenvalue weighted by molar-refractivity contribution is 5.75. The van der Waals surface area contributed by atoms with Crippen molar-refractivity contribution in [1.29, 1.82) is 0 Å². The molecule has 1 saturated carbocycles. The van der Waals surface area contributed by atoms with Gasteiger partial charge in [-0.2, -0.15) is 23.4 Å². The standard InChI is InChI=1S/C21H22F3N5O/c1-13-17(14(2)29(26-13)16-6-4-3-5-7-16)11-25-20(30)12-28-18(15-8-9-15)10-19(27-28)21(22,23)24/h3-7,10,15H,8-9,11-12H2,1-2H3,(H,25,30). The summed E-state index contributed by atoms with van der Waals surface area (Å²) in [6, 6.07) is 10.7.